The second kappa shape index (κ2) is 6.29. The Kier molecular flexibility index (Phi) is 5.00. The SMILES string of the molecule is CNc1cc([N+](=O)[O-])cc(SCCCO)n1. The number of thioether (sulfide) groups is 1. The molecule has 1 rings (SSSR count). The molecule has 1 aromatic rings. The number of pyridine rings is 1. The number of nitrogens with one attached hydrogen (secondary N) is 1. The van der Waals surface area contributed by atoms with Gasteiger partial charge in [0, 0.05) is 25.5 Å². The Morgan fingerprint density at radius 2 is 2.38 bits per heavy atom. The molecule has 0 aliphatic carbocycles. The van der Waals surface area contributed by atoms with Crippen LogP contribution in [0.3, 0.4) is 0 Å². The van der Waals surface area contributed by atoms with E-state index < -0.39 is 4.92 Å². The van der Waals surface area contributed by atoms with Crippen LogP contribution in [0.2, 0.25) is 0 Å². The van der Waals surface area contributed by atoms with Crippen LogP contribution >= 0.6 is 11.8 Å². The Balaban J connectivity index is 2.82. The highest BCUT2D eigenvalue weighted by atomic mass is 32.2. The van der Waals surface area contributed by atoms with E-state index in [1.54, 1.807) is 7.05 Å². The normalized spacial score (nSPS) is 10.1. The molecule has 6 nitrogen and oxygen atoms in total. The summed E-state index contributed by atoms with van der Waals surface area (Å²) in [6, 6.07) is 2.82. The Morgan fingerprint density at radius 3 is 2.94 bits per heavy atom. The molecule has 0 aromatic carbocycles. The van der Waals surface area contributed by atoms with Crippen molar-refractivity contribution in [2.24, 2.45) is 0 Å². The van der Waals surface area contributed by atoms with Crippen LogP contribution in [0.15, 0.2) is 17.2 Å². The van der Waals surface area contributed by atoms with Crippen molar-refractivity contribution in [2.75, 3.05) is 24.7 Å². The number of anilines is 1. The lowest BCUT2D eigenvalue weighted by Gasteiger charge is -2.03. The summed E-state index contributed by atoms with van der Waals surface area (Å²) in [6.07, 6.45) is 0.643. The molecule has 88 valence electrons. The summed E-state index contributed by atoms with van der Waals surface area (Å²) in [6.45, 7) is 0.112. The highest BCUT2D eigenvalue weighted by Gasteiger charge is 2.10. The van der Waals surface area contributed by atoms with E-state index in [1.807, 2.05) is 0 Å². The Morgan fingerprint density at radius 1 is 1.62 bits per heavy atom. The van der Waals surface area contributed by atoms with Crippen molar-refractivity contribution in [1.29, 1.82) is 0 Å². The van der Waals surface area contributed by atoms with Crippen LogP contribution in [-0.4, -0.2) is 34.4 Å². The quantitative estimate of drug-likeness (QED) is 0.341. The molecule has 0 saturated heterocycles. The van der Waals surface area contributed by atoms with E-state index in [-0.39, 0.29) is 12.3 Å². The topological polar surface area (TPSA) is 88.3 Å². The van der Waals surface area contributed by atoms with Crippen molar-refractivity contribution in [3.05, 3.63) is 22.2 Å². The zero-order valence-corrected chi connectivity index (χ0v) is 9.66. The zero-order chi connectivity index (χ0) is 12.0. The molecule has 0 aliphatic rings. The molecule has 0 unspecified atom stereocenters. The van der Waals surface area contributed by atoms with E-state index in [0.717, 1.165) is 0 Å². The van der Waals surface area contributed by atoms with Gasteiger partial charge in [0.25, 0.3) is 5.69 Å². The lowest BCUT2D eigenvalue weighted by Crippen LogP contribution is -1.97. The number of aliphatic hydroxyl groups is 1. The van der Waals surface area contributed by atoms with E-state index in [0.29, 0.717) is 23.0 Å². The average molecular weight is 243 g/mol. The van der Waals surface area contributed by atoms with Gasteiger partial charge in [-0.2, -0.15) is 0 Å². The number of hydrogen-bond acceptors (Lipinski definition) is 6. The van der Waals surface area contributed by atoms with Gasteiger partial charge in [-0.1, -0.05) is 0 Å². The van der Waals surface area contributed by atoms with E-state index in [9.17, 15) is 10.1 Å². The van der Waals surface area contributed by atoms with Crippen LogP contribution in [0.5, 0.6) is 0 Å². The largest absolute Gasteiger partial charge is 0.396 e. The Bertz CT molecular complexity index is 373. The number of nitro groups is 1. The molecule has 0 atom stereocenters. The molecule has 1 aromatic heterocycles. The molecular formula is C9H13N3O3S. The summed E-state index contributed by atoms with van der Waals surface area (Å²) >= 11 is 1.39. The van der Waals surface area contributed by atoms with Crippen LogP contribution in [0.25, 0.3) is 0 Å². The molecule has 0 radical (unpaired) electrons. The molecule has 0 aliphatic heterocycles. The number of aromatic nitrogens is 1. The second-order valence-electron chi connectivity index (χ2n) is 2.98. The Hall–Kier alpha value is -1.34. The third-order valence-corrected chi connectivity index (χ3v) is 2.80. The maximum atomic E-state index is 10.7. The maximum Gasteiger partial charge on any atom is 0.275 e. The minimum Gasteiger partial charge on any atom is -0.396 e. The maximum absolute atomic E-state index is 10.7. The number of rotatable bonds is 6. The van der Waals surface area contributed by atoms with Gasteiger partial charge in [-0.3, -0.25) is 10.1 Å². The summed E-state index contributed by atoms with van der Waals surface area (Å²) < 4.78 is 0. The summed E-state index contributed by atoms with van der Waals surface area (Å²) in [4.78, 5) is 14.4. The van der Waals surface area contributed by atoms with E-state index >= 15 is 0 Å². The predicted molar refractivity (Wildman–Crippen MR) is 62.9 cm³/mol. The third kappa shape index (κ3) is 3.67. The lowest BCUT2D eigenvalue weighted by atomic mass is 10.4. The highest BCUT2D eigenvalue weighted by molar-refractivity contribution is 7.99. The van der Waals surface area contributed by atoms with Crippen molar-refractivity contribution >= 4 is 23.3 Å². The van der Waals surface area contributed by atoms with Crippen LogP contribution in [0.4, 0.5) is 11.5 Å². The molecule has 2 N–H and O–H groups in total. The number of aliphatic hydroxyl groups excluding tert-OH is 1. The summed E-state index contributed by atoms with van der Waals surface area (Å²) in [5, 5.41) is 22.7. The van der Waals surface area contributed by atoms with Gasteiger partial charge in [0.15, 0.2) is 0 Å². The standard InChI is InChI=1S/C9H13N3O3S/c1-10-8-5-7(12(14)15)6-9(11-8)16-4-2-3-13/h5-6,13H,2-4H2,1H3,(H,10,11). The molecule has 1 heterocycles. The van der Waals surface area contributed by atoms with Gasteiger partial charge in [0.2, 0.25) is 0 Å². The van der Waals surface area contributed by atoms with Gasteiger partial charge in [0.05, 0.1) is 11.0 Å². The zero-order valence-electron chi connectivity index (χ0n) is 8.84. The molecule has 0 amide bonds. The van der Waals surface area contributed by atoms with Crippen molar-refractivity contribution in [3.8, 4) is 0 Å². The van der Waals surface area contributed by atoms with E-state index in [2.05, 4.69) is 10.3 Å². The van der Waals surface area contributed by atoms with Gasteiger partial charge in [-0.15, -0.1) is 11.8 Å². The van der Waals surface area contributed by atoms with Gasteiger partial charge in [-0.05, 0) is 6.42 Å². The summed E-state index contributed by atoms with van der Waals surface area (Å²) in [7, 11) is 1.66. The Labute approximate surface area is 97.2 Å². The minimum absolute atomic E-state index is 0.0193. The first-order valence-corrected chi connectivity index (χ1v) is 5.74. The van der Waals surface area contributed by atoms with Crippen LogP contribution in [0.1, 0.15) is 6.42 Å². The summed E-state index contributed by atoms with van der Waals surface area (Å²) in [5.74, 6) is 1.16. The van der Waals surface area contributed by atoms with Gasteiger partial charge in [-0.25, -0.2) is 4.98 Å². The van der Waals surface area contributed by atoms with Crippen molar-refractivity contribution in [2.45, 2.75) is 11.4 Å². The fraction of sp³-hybridized carbons (Fsp3) is 0.444. The fourth-order valence-corrected chi connectivity index (χ4v) is 1.89. The monoisotopic (exact) mass is 243 g/mol. The van der Waals surface area contributed by atoms with Gasteiger partial charge < -0.3 is 10.4 Å². The van der Waals surface area contributed by atoms with Gasteiger partial charge >= 0.3 is 0 Å². The first-order chi connectivity index (χ1) is 7.67. The van der Waals surface area contributed by atoms with Crippen LogP contribution < -0.4 is 5.32 Å². The summed E-state index contributed by atoms with van der Waals surface area (Å²) in [5.41, 5.74) is 0.0193. The van der Waals surface area contributed by atoms with E-state index in [1.165, 1.54) is 23.9 Å². The van der Waals surface area contributed by atoms with Crippen molar-refractivity contribution < 1.29 is 10.0 Å². The van der Waals surface area contributed by atoms with Crippen molar-refractivity contribution in [1.82, 2.24) is 4.98 Å². The minimum atomic E-state index is -0.446. The predicted octanol–water partition coefficient (Wildman–Crippen LogP) is 1.51. The van der Waals surface area contributed by atoms with E-state index in [4.69, 9.17) is 5.11 Å². The first-order valence-electron chi connectivity index (χ1n) is 4.75. The van der Waals surface area contributed by atoms with Crippen LogP contribution in [0, 0.1) is 10.1 Å². The second-order valence-corrected chi connectivity index (χ2v) is 4.10. The number of nitrogens with zero attached hydrogens (tertiary/aromatic N) is 2. The van der Waals surface area contributed by atoms with Crippen molar-refractivity contribution in [3.63, 3.8) is 0 Å². The first kappa shape index (κ1) is 12.7. The fourth-order valence-electron chi connectivity index (χ4n) is 1.04. The number of hydrogen-bond donors (Lipinski definition) is 2. The molecule has 0 spiro atoms. The lowest BCUT2D eigenvalue weighted by molar-refractivity contribution is -0.385. The molecule has 16 heavy (non-hydrogen) atoms. The third-order valence-electron chi connectivity index (χ3n) is 1.81. The smallest absolute Gasteiger partial charge is 0.275 e. The molecule has 7 heteroatoms. The average Bonchev–Trinajstić information content (AvgIpc) is 2.29. The molecule has 0 bridgehead atoms. The molecular weight excluding hydrogens is 230 g/mol. The van der Waals surface area contributed by atoms with Crippen LogP contribution in [-0.2, 0) is 0 Å². The molecule has 0 fully saturated rings. The highest BCUT2D eigenvalue weighted by Crippen LogP contribution is 2.24. The molecule has 0 saturated carbocycles. The van der Waals surface area contributed by atoms with Gasteiger partial charge in [0.1, 0.15) is 10.8 Å².